The second-order valence-corrected chi connectivity index (χ2v) is 4.09. The summed E-state index contributed by atoms with van der Waals surface area (Å²) in [5, 5.41) is 1.53. The summed E-state index contributed by atoms with van der Waals surface area (Å²) in [6.07, 6.45) is 2.17. The molecule has 18 heavy (non-hydrogen) atoms. The molecule has 1 amide bonds. The van der Waals surface area contributed by atoms with Crippen LogP contribution >= 0.6 is 12.2 Å². The summed E-state index contributed by atoms with van der Waals surface area (Å²) >= 11 is 4.87. The highest BCUT2D eigenvalue weighted by molar-refractivity contribution is 7.80. The number of nitrogens with zero attached hydrogens (tertiary/aromatic N) is 1. The first-order chi connectivity index (χ1) is 8.56. The van der Waals surface area contributed by atoms with Crippen LogP contribution in [0.2, 0.25) is 0 Å². The van der Waals surface area contributed by atoms with Crippen LogP contribution in [-0.2, 0) is 4.74 Å². The number of carbonyl (C=O) groups excluding carboxylic acids is 1. The van der Waals surface area contributed by atoms with Gasteiger partial charge in [0.15, 0.2) is 5.11 Å². The van der Waals surface area contributed by atoms with E-state index in [4.69, 9.17) is 27.1 Å². The van der Waals surface area contributed by atoms with E-state index in [1.807, 2.05) is 0 Å². The third-order valence-electron chi connectivity index (χ3n) is 2.34. The molecule has 1 aromatic rings. The fraction of sp³-hybridized carbons (Fsp3) is 0.455. The van der Waals surface area contributed by atoms with Crippen LogP contribution in [0.5, 0.6) is 0 Å². The van der Waals surface area contributed by atoms with Crippen molar-refractivity contribution in [3.8, 4) is 0 Å². The number of thiocarbonyl (C=S) groups is 1. The Hall–Kier alpha value is -1.60. The number of hydrogen-bond donors (Lipinski definition) is 2. The molecule has 0 fully saturated rings. The average molecular weight is 271 g/mol. The van der Waals surface area contributed by atoms with E-state index in [1.54, 1.807) is 20.1 Å². The zero-order valence-corrected chi connectivity index (χ0v) is 11.3. The van der Waals surface area contributed by atoms with E-state index >= 15 is 0 Å². The Bertz CT molecular complexity index is 419. The smallest absolute Gasteiger partial charge is 0.273 e. The third-order valence-corrected chi connectivity index (χ3v) is 2.56. The number of carbonyl (C=O) groups is 1. The first-order valence-electron chi connectivity index (χ1n) is 5.47. The lowest BCUT2D eigenvalue weighted by atomic mass is 10.2. The molecule has 0 aliphatic carbocycles. The number of hydrogen-bond acceptors (Lipinski definition) is 4. The number of rotatable bonds is 5. The molecule has 0 aliphatic rings. The van der Waals surface area contributed by atoms with Crippen LogP contribution in [0.25, 0.3) is 0 Å². The van der Waals surface area contributed by atoms with Crippen molar-refractivity contribution in [1.29, 1.82) is 0 Å². The SMILES string of the molecule is COCCCN(NC(=O)c1ccoc1C)C(N)=S. The molecular weight excluding hydrogens is 254 g/mol. The molecule has 1 heterocycles. The molecule has 0 unspecified atom stereocenters. The predicted octanol–water partition coefficient (Wildman–Crippen LogP) is 0.815. The van der Waals surface area contributed by atoms with Crippen molar-refractivity contribution in [3.63, 3.8) is 0 Å². The Morgan fingerprint density at radius 2 is 2.39 bits per heavy atom. The largest absolute Gasteiger partial charge is 0.469 e. The quantitative estimate of drug-likeness (QED) is 0.469. The van der Waals surface area contributed by atoms with Crippen molar-refractivity contribution in [2.45, 2.75) is 13.3 Å². The molecule has 1 rings (SSSR count). The van der Waals surface area contributed by atoms with Gasteiger partial charge in [-0.2, -0.15) is 0 Å². The standard InChI is InChI=1S/C11H17N3O3S/c1-8-9(4-7-17-8)10(15)13-14(11(12)18)5-3-6-16-2/h4,7H,3,5-6H2,1-2H3,(H2,12,18)(H,13,15). The molecule has 0 saturated heterocycles. The van der Waals surface area contributed by atoms with Crippen LogP contribution in [-0.4, -0.2) is 36.3 Å². The van der Waals surface area contributed by atoms with Gasteiger partial charge < -0.3 is 14.9 Å². The summed E-state index contributed by atoms with van der Waals surface area (Å²) in [5.74, 6) is 0.249. The molecule has 0 saturated carbocycles. The predicted molar refractivity (Wildman–Crippen MR) is 70.9 cm³/mol. The van der Waals surface area contributed by atoms with E-state index in [2.05, 4.69) is 5.43 Å². The Morgan fingerprint density at radius 3 is 2.89 bits per heavy atom. The van der Waals surface area contributed by atoms with Crippen molar-refractivity contribution >= 4 is 23.2 Å². The number of methoxy groups -OCH3 is 1. The van der Waals surface area contributed by atoms with Crippen LogP contribution in [0.4, 0.5) is 0 Å². The maximum Gasteiger partial charge on any atom is 0.273 e. The summed E-state index contributed by atoms with van der Waals surface area (Å²) < 4.78 is 9.99. The van der Waals surface area contributed by atoms with Crippen molar-refractivity contribution in [2.24, 2.45) is 5.73 Å². The van der Waals surface area contributed by atoms with E-state index in [0.717, 1.165) is 0 Å². The Morgan fingerprint density at radius 1 is 1.67 bits per heavy atom. The van der Waals surface area contributed by atoms with Gasteiger partial charge in [0.1, 0.15) is 5.76 Å². The fourth-order valence-corrected chi connectivity index (χ4v) is 1.53. The van der Waals surface area contributed by atoms with Crippen molar-refractivity contribution < 1.29 is 13.9 Å². The maximum atomic E-state index is 11.9. The first kappa shape index (κ1) is 14.5. The summed E-state index contributed by atoms with van der Waals surface area (Å²) in [6.45, 7) is 2.77. The molecule has 0 aromatic carbocycles. The highest BCUT2D eigenvalue weighted by Gasteiger charge is 2.15. The van der Waals surface area contributed by atoms with E-state index in [1.165, 1.54) is 11.3 Å². The number of hydrazine groups is 1. The van der Waals surface area contributed by atoms with Crippen LogP contribution in [0.3, 0.4) is 0 Å². The second kappa shape index (κ2) is 6.97. The minimum atomic E-state index is -0.300. The van der Waals surface area contributed by atoms with Gasteiger partial charge in [-0.05, 0) is 31.6 Å². The van der Waals surface area contributed by atoms with Gasteiger partial charge >= 0.3 is 0 Å². The molecule has 0 radical (unpaired) electrons. The van der Waals surface area contributed by atoms with Gasteiger partial charge in [-0.15, -0.1) is 0 Å². The number of ether oxygens (including phenoxy) is 1. The van der Waals surface area contributed by atoms with Gasteiger partial charge in [0.2, 0.25) is 0 Å². The molecule has 0 bridgehead atoms. The van der Waals surface area contributed by atoms with Crippen molar-refractivity contribution in [3.05, 3.63) is 23.7 Å². The summed E-state index contributed by atoms with van der Waals surface area (Å²) in [7, 11) is 1.61. The van der Waals surface area contributed by atoms with Crippen LogP contribution in [0, 0.1) is 6.92 Å². The van der Waals surface area contributed by atoms with Crippen LogP contribution < -0.4 is 11.2 Å². The molecule has 100 valence electrons. The molecule has 0 atom stereocenters. The second-order valence-electron chi connectivity index (χ2n) is 3.67. The minimum Gasteiger partial charge on any atom is -0.469 e. The van der Waals surface area contributed by atoms with Gasteiger partial charge in [-0.25, -0.2) is 0 Å². The molecular formula is C11H17N3O3S. The van der Waals surface area contributed by atoms with E-state index in [-0.39, 0.29) is 11.0 Å². The van der Waals surface area contributed by atoms with Crippen molar-refractivity contribution in [1.82, 2.24) is 10.4 Å². The van der Waals surface area contributed by atoms with Gasteiger partial charge in [0.05, 0.1) is 11.8 Å². The number of amides is 1. The minimum absolute atomic E-state index is 0.112. The monoisotopic (exact) mass is 271 g/mol. The Balaban J connectivity index is 2.58. The van der Waals surface area contributed by atoms with Gasteiger partial charge in [0.25, 0.3) is 5.91 Å². The Kier molecular flexibility index (Phi) is 5.60. The van der Waals surface area contributed by atoms with Gasteiger partial charge in [-0.1, -0.05) is 0 Å². The van der Waals surface area contributed by atoms with Gasteiger partial charge in [-0.3, -0.25) is 15.2 Å². The third kappa shape index (κ3) is 4.01. The average Bonchev–Trinajstić information content (AvgIpc) is 2.74. The zero-order valence-electron chi connectivity index (χ0n) is 10.4. The van der Waals surface area contributed by atoms with E-state index in [0.29, 0.717) is 30.9 Å². The van der Waals surface area contributed by atoms with Crippen LogP contribution in [0.15, 0.2) is 16.7 Å². The summed E-state index contributed by atoms with van der Waals surface area (Å²) in [4.78, 5) is 11.9. The van der Waals surface area contributed by atoms with E-state index in [9.17, 15) is 4.79 Å². The molecule has 0 spiro atoms. The van der Waals surface area contributed by atoms with Gasteiger partial charge in [0, 0.05) is 20.3 Å². The number of nitrogens with two attached hydrogens (primary N) is 1. The number of aryl methyl sites for hydroxylation is 1. The summed E-state index contributed by atoms with van der Waals surface area (Å²) in [6, 6.07) is 1.59. The zero-order chi connectivity index (χ0) is 13.5. The highest BCUT2D eigenvalue weighted by Crippen LogP contribution is 2.08. The van der Waals surface area contributed by atoms with Crippen molar-refractivity contribution in [2.75, 3.05) is 20.3 Å². The molecule has 3 N–H and O–H groups in total. The molecule has 0 aliphatic heterocycles. The van der Waals surface area contributed by atoms with Crippen LogP contribution in [0.1, 0.15) is 22.5 Å². The lowest BCUT2D eigenvalue weighted by Crippen LogP contribution is -2.49. The Labute approximate surface area is 111 Å². The molecule has 1 aromatic heterocycles. The summed E-state index contributed by atoms with van der Waals surface area (Å²) in [5.41, 5.74) is 8.63. The molecule has 7 heteroatoms. The lowest BCUT2D eigenvalue weighted by molar-refractivity contribution is 0.0859. The van der Waals surface area contributed by atoms with E-state index < -0.39 is 0 Å². The number of nitrogens with one attached hydrogen (secondary N) is 1. The molecule has 6 nitrogen and oxygen atoms in total. The normalized spacial score (nSPS) is 10.1. The topological polar surface area (TPSA) is 80.7 Å². The lowest BCUT2D eigenvalue weighted by Gasteiger charge is -2.23. The maximum absolute atomic E-state index is 11.9. The number of furan rings is 1. The highest BCUT2D eigenvalue weighted by atomic mass is 32.1. The fourth-order valence-electron chi connectivity index (χ4n) is 1.39. The first-order valence-corrected chi connectivity index (χ1v) is 5.88.